The highest BCUT2D eigenvalue weighted by atomic mass is 127. The fourth-order valence-corrected chi connectivity index (χ4v) is 1.39. The van der Waals surface area contributed by atoms with Crippen LogP contribution in [0.4, 0.5) is 4.39 Å². The number of carbonyl (C=O) groups excluding carboxylic acids is 1. The molecule has 1 aromatic carbocycles. The second-order valence-electron chi connectivity index (χ2n) is 2.30. The standard InChI is InChI=1S/C8H5ClFIO/c1-4(12)5-2-6(9)8(11)3-7(5)10/h2-3H,1H3. The van der Waals surface area contributed by atoms with Crippen LogP contribution >= 0.6 is 34.2 Å². The fraction of sp³-hybridized carbons (Fsp3) is 0.125. The summed E-state index contributed by atoms with van der Waals surface area (Å²) in [5, 5.41) is 0.405. The Bertz CT molecular complexity index is 338. The second kappa shape index (κ2) is 3.70. The van der Waals surface area contributed by atoms with Crippen LogP contribution < -0.4 is 0 Å². The molecule has 0 aromatic heterocycles. The van der Waals surface area contributed by atoms with Crippen molar-refractivity contribution in [3.63, 3.8) is 0 Å². The van der Waals surface area contributed by atoms with E-state index in [0.717, 1.165) is 0 Å². The van der Waals surface area contributed by atoms with Gasteiger partial charge < -0.3 is 0 Å². The van der Waals surface area contributed by atoms with Crippen LogP contribution in [0.25, 0.3) is 0 Å². The average Bonchev–Trinajstić information content (AvgIpc) is 1.96. The summed E-state index contributed by atoms with van der Waals surface area (Å²) in [6, 6.07) is 2.60. The minimum absolute atomic E-state index is 0.0421. The summed E-state index contributed by atoms with van der Waals surface area (Å²) in [5.74, 6) is -0.831. The summed E-state index contributed by atoms with van der Waals surface area (Å²) in [5.41, 5.74) is 0.0421. The Kier molecular flexibility index (Phi) is 3.06. The van der Waals surface area contributed by atoms with Crippen molar-refractivity contribution in [3.05, 3.63) is 32.1 Å². The number of rotatable bonds is 1. The van der Waals surface area contributed by atoms with Gasteiger partial charge in [0.1, 0.15) is 5.82 Å². The van der Waals surface area contributed by atoms with Crippen LogP contribution in [0.1, 0.15) is 17.3 Å². The molecule has 0 saturated heterocycles. The molecule has 0 aliphatic heterocycles. The van der Waals surface area contributed by atoms with E-state index >= 15 is 0 Å². The molecule has 1 rings (SSSR count). The molecule has 0 spiro atoms. The molecular formula is C8H5ClFIO. The third kappa shape index (κ3) is 1.95. The molecule has 0 amide bonds. The van der Waals surface area contributed by atoms with E-state index in [2.05, 4.69) is 0 Å². The Morgan fingerprint density at radius 1 is 1.58 bits per heavy atom. The maximum atomic E-state index is 13.0. The Hall–Kier alpha value is -0.160. The number of halogens is 3. The van der Waals surface area contributed by atoms with Crippen molar-refractivity contribution in [2.24, 2.45) is 0 Å². The molecule has 1 aromatic rings. The lowest BCUT2D eigenvalue weighted by Gasteiger charge is -2.00. The number of benzene rings is 1. The van der Waals surface area contributed by atoms with E-state index in [1.54, 1.807) is 0 Å². The Morgan fingerprint density at radius 2 is 2.17 bits per heavy atom. The normalized spacial score (nSPS) is 10.0. The summed E-state index contributed by atoms with van der Waals surface area (Å²) in [6.45, 7) is 1.31. The van der Waals surface area contributed by atoms with Crippen molar-refractivity contribution in [2.45, 2.75) is 6.92 Å². The van der Waals surface area contributed by atoms with Gasteiger partial charge in [-0.05, 0) is 41.6 Å². The van der Waals surface area contributed by atoms with Crippen LogP contribution in [0.15, 0.2) is 12.1 Å². The van der Waals surface area contributed by atoms with Crippen molar-refractivity contribution in [3.8, 4) is 0 Å². The largest absolute Gasteiger partial charge is 0.294 e. The van der Waals surface area contributed by atoms with Gasteiger partial charge in [0.25, 0.3) is 0 Å². The monoisotopic (exact) mass is 298 g/mol. The quantitative estimate of drug-likeness (QED) is 0.442. The predicted octanol–water partition coefficient (Wildman–Crippen LogP) is 3.29. The lowest BCUT2D eigenvalue weighted by atomic mass is 10.1. The number of ketones is 1. The summed E-state index contributed by atoms with van der Waals surface area (Å²) in [4.78, 5) is 10.8. The van der Waals surface area contributed by atoms with E-state index in [-0.39, 0.29) is 11.3 Å². The molecule has 0 heterocycles. The minimum atomic E-state index is -0.517. The zero-order valence-corrected chi connectivity index (χ0v) is 9.11. The SMILES string of the molecule is CC(=O)c1cc(Cl)c(I)cc1F. The maximum Gasteiger partial charge on any atom is 0.162 e. The van der Waals surface area contributed by atoms with Gasteiger partial charge in [-0.15, -0.1) is 0 Å². The van der Waals surface area contributed by atoms with Crippen LogP contribution in [0, 0.1) is 9.39 Å². The third-order valence-corrected chi connectivity index (χ3v) is 2.91. The van der Waals surface area contributed by atoms with Crippen molar-refractivity contribution in [1.29, 1.82) is 0 Å². The maximum absolute atomic E-state index is 13.0. The summed E-state index contributed by atoms with van der Waals surface area (Å²) >= 11 is 7.61. The Morgan fingerprint density at radius 3 is 2.67 bits per heavy atom. The molecule has 0 atom stereocenters. The molecule has 1 nitrogen and oxygen atoms in total. The molecule has 0 saturated carbocycles. The molecule has 0 unspecified atom stereocenters. The molecule has 12 heavy (non-hydrogen) atoms. The van der Waals surface area contributed by atoms with Crippen LogP contribution in [0.3, 0.4) is 0 Å². The van der Waals surface area contributed by atoms with Crippen molar-refractivity contribution >= 4 is 40.0 Å². The first kappa shape index (κ1) is 9.92. The van der Waals surface area contributed by atoms with Crippen LogP contribution in [-0.2, 0) is 0 Å². The molecule has 0 aliphatic rings. The van der Waals surface area contributed by atoms with Gasteiger partial charge in [-0.2, -0.15) is 0 Å². The summed E-state index contributed by atoms with van der Waals surface area (Å²) in [7, 11) is 0. The molecular weight excluding hydrogens is 293 g/mol. The van der Waals surface area contributed by atoms with Gasteiger partial charge in [0.2, 0.25) is 0 Å². The smallest absolute Gasteiger partial charge is 0.162 e. The van der Waals surface area contributed by atoms with E-state index in [1.165, 1.54) is 19.1 Å². The average molecular weight is 298 g/mol. The molecule has 0 N–H and O–H groups in total. The molecule has 0 radical (unpaired) electrons. The fourth-order valence-electron chi connectivity index (χ4n) is 0.792. The lowest BCUT2D eigenvalue weighted by Crippen LogP contribution is -1.97. The third-order valence-electron chi connectivity index (χ3n) is 1.39. The van der Waals surface area contributed by atoms with Crippen molar-refractivity contribution in [1.82, 2.24) is 0 Å². The number of carbonyl (C=O) groups is 1. The summed E-state index contributed by atoms with van der Waals surface area (Å²) < 4.78 is 13.6. The lowest BCUT2D eigenvalue weighted by molar-refractivity contribution is 0.101. The van der Waals surface area contributed by atoms with E-state index < -0.39 is 5.82 Å². The van der Waals surface area contributed by atoms with Gasteiger partial charge in [0.05, 0.1) is 10.6 Å². The molecule has 4 heteroatoms. The zero-order valence-electron chi connectivity index (χ0n) is 6.20. The minimum Gasteiger partial charge on any atom is -0.294 e. The summed E-state index contributed by atoms with van der Waals surface area (Å²) in [6.07, 6.45) is 0. The first-order chi connectivity index (χ1) is 5.52. The Labute approximate surface area is 88.1 Å². The number of hydrogen-bond acceptors (Lipinski definition) is 1. The molecule has 0 bridgehead atoms. The topological polar surface area (TPSA) is 17.1 Å². The Balaban J connectivity index is 3.33. The van der Waals surface area contributed by atoms with Gasteiger partial charge in [0.15, 0.2) is 5.78 Å². The van der Waals surface area contributed by atoms with Crippen LogP contribution in [0.2, 0.25) is 5.02 Å². The second-order valence-corrected chi connectivity index (χ2v) is 3.87. The van der Waals surface area contributed by atoms with E-state index in [0.29, 0.717) is 8.59 Å². The first-order valence-corrected chi connectivity index (χ1v) is 4.63. The molecule has 64 valence electrons. The highest BCUT2D eigenvalue weighted by Gasteiger charge is 2.09. The van der Waals surface area contributed by atoms with Crippen LogP contribution in [-0.4, -0.2) is 5.78 Å². The molecule has 0 aliphatic carbocycles. The van der Waals surface area contributed by atoms with Gasteiger partial charge in [-0.1, -0.05) is 11.6 Å². The highest BCUT2D eigenvalue weighted by molar-refractivity contribution is 14.1. The van der Waals surface area contributed by atoms with Gasteiger partial charge in [-0.3, -0.25) is 4.79 Å². The van der Waals surface area contributed by atoms with Gasteiger partial charge in [0, 0.05) is 3.57 Å². The van der Waals surface area contributed by atoms with E-state index in [4.69, 9.17) is 11.6 Å². The molecule has 0 fully saturated rings. The highest BCUT2D eigenvalue weighted by Crippen LogP contribution is 2.22. The predicted molar refractivity (Wildman–Crippen MR) is 54.1 cm³/mol. The van der Waals surface area contributed by atoms with E-state index in [9.17, 15) is 9.18 Å². The van der Waals surface area contributed by atoms with E-state index in [1.807, 2.05) is 22.6 Å². The van der Waals surface area contributed by atoms with Crippen molar-refractivity contribution in [2.75, 3.05) is 0 Å². The van der Waals surface area contributed by atoms with Gasteiger partial charge in [-0.25, -0.2) is 4.39 Å². The van der Waals surface area contributed by atoms with Crippen molar-refractivity contribution < 1.29 is 9.18 Å². The zero-order chi connectivity index (χ0) is 9.30. The number of Topliss-reactive ketones (excluding diaryl/α,β-unsaturated/α-hetero) is 1. The van der Waals surface area contributed by atoms with Gasteiger partial charge >= 0.3 is 0 Å². The van der Waals surface area contributed by atoms with Crippen LogP contribution in [0.5, 0.6) is 0 Å². The number of hydrogen-bond donors (Lipinski definition) is 0. The first-order valence-electron chi connectivity index (χ1n) is 3.18.